The van der Waals surface area contributed by atoms with Crippen molar-refractivity contribution < 1.29 is 235 Å². The maximum absolute atomic E-state index is 8.55. The summed E-state index contributed by atoms with van der Waals surface area (Å²) in [6, 6.07) is 0. The Morgan fingerprint density at radius 3 is 0.205 bits per heavy atom. The summed E-state index contributed by atoms with van der Waals surface area (Å²) in [4.78, 5) is 180. The van der Waals surface area contributed by atoms with E-state index in [4.69, 9.17) is 135 Å². The van der Waals surface area contributed by atoms with E-state index in [-0.39, 0.29) is 152 Å². The number of hydrogen-bond donors (Lipinski definition) is 0. The van der Waals surface area contributed by atoms with E-state index in [1.807, 2.05) is 0 Å². The Morgan fingerprint density at radius 2 is 0.205 bits per heavy atom. The van der Waals surface area contributed by atoms with Crippen LogP contribution in [0.25, 0.3) is 0 Å². The summed E-state index contributed by atoms with van der Waals surface area (Å²) in [6.45, 7) is 0. The van der Waals surface area contributed by atoms with Gasteiger partial charge in [0.1, 0.15) is 0 Å². The first-order valence-electron chi connectivity index (χ1n) is 5.11. The van der Waals surface area contributed by atoms with Gasteiger partial charge in [0.05, 0.1) is 0 Å². The minimum Gasteiger partial charge on any atom is -0.822 e. The van der Waals surface area contributed by atoms with Crippen LogP contribution in [0.3, 0.4) is 0 Å². The molecule has 0 aliphatic carbocycles. The molecule has 0 heterocycles. The number of rotatable bonds is 0. The van der Waals surface area contributed by atoms with E-state index in [0.717, 1.165) is 0 Å². The third-order valence-corrected chi connectivity index (χ3v) is 0. The van der Waals surface area contributed by atoms with E-state index >= 15 is 0 Å². The average Bonchev–Trinajstić information content (AvgIpc) is 2.06. The molecule has 0 aromatic heterocycles. The van der Waals surface area contributed by atoms with Gasteiger partial charge in [0, 0.05) is 0 Å². The molecule has 44 heteroatoms. The van der Waals surface area contributed by atoms with Crippen LogP contribution >= 0.6 is 54.8 Å². The maximum Gasteiger partial charge on any atom is 3.00 e. The maximum atomic E-state index is 8.55. The molecule has 0 spiro atoms. The molecule has 0 amide bonds. The van der Waals surface area contributed by atoms with E-state index in [0.29, 0.717) is 0 Å². The zero-order valence-electron chi connectivity index (χ0n) is 18.2. The third kappa shape index (κ3) is 3530. The smallest absolute Gasteiger partial charge is 0.822 e. The molecular formula is Al3Co3Ni3O28P7. The Morgan fingerprint density at radius 1 is 0.205 bits per heavy atom. The first-order valence-corrected chi connectivity index (χ1v) is 15.3. The SMILES string of the molecule is O=P([O-])([O-])[O-].O=P([O-])([O-])[O-].O=P([O-])([O-])[O-].O=P([O-])([O-])[O-].O=P([O-])([O-])[O-].O=P([O-])([O-])[O-].O=P([O-])([O-])[O-].[Al+3].[Al+3].[Al+3].[Co+2].[Co+2].[Co+2].[Ni+2].[Ni+2].[Ni+2]. The van der Waals surface area contributed by atoms with Crippen LogP contribution in [-0.2, 0) is 132 Å². The average molecular weight is 1100 g/mol. The van der Waals surface area contributed by atoms with Gasteiger partial charge in [-0.25, -0.2) is 0 Å². The van der Waals surface area contributed by atoms with Crippen molar-refractivity contribution in [3.63, 3.8) is 0 Å². The van der Waals surface area contributed by atoms with Crippen molar-refractivity contribution in [2.75, 3.05) is 0 Å². The minimum atomic E-state index is -5.39. The van der Waals surface area contributed by atoms with E-state index in [9.17, 15) is 0 Å². The van der Waals surface area contributed by atoms with Gasteiger partial charge in [0.25, 0.3) is 0 Å². The molecule has 0 rings (SSSR count). The normalized spacial score (nSPS) is 9.39. The van der Waals surface area contributed by atoms with Crippen molar-refractivity contribution in [1.82, 2.24) is 0 Å². The summed E-state index contributed by atoms with van der Waals surface area (Å²) < 4.78 is 59.8. The van der Waals surface area contributed by atoms with Crippen molar-refractivity contribution >= 4 is 107 Å². The Labute approximate surface area is 338 Å². The second-order valence-corrected chi connectivity index (χ2v) is 9.39. The van der Waals surface area contributed by atoms with Crippen LogP contribution in [-0.4, -0.2) is 52.1 Å². The fraction of sp³-hybridized carbons (Fsp3) is 0. The van der Waals surface area contributed by atoms with Gasteiger partial charge in [0.2, 0.25) is 0 Å². The fourth-order valence-corrected chi connectivity index (χ4v) is 0. The minimum absolute atomic E-state index is 0. The van der Waals surface area contributed by atoms with Gasteiger partial charge in [-0.3, -0.25) is 0 Å². The molecule has 0 atom stereocenters. The van der Waals surface area contributed by atoms with E-state index in [2.05, 4.69) is 0 Å². The summed E-state index contributed by atoms with van der Waals surface area (Å²) in [7, 11) is -37.7. The van der Waals surface area contributed by atoms with Crippen LogP contribution in [0.2, 0.25) is 0 Å². The largest absolute Gasteiger partial charge is 3.00 e. The molecule has 0 N–H and O–H groups in total. The van der Waals surface area contributed by atoms with E-state index in [1.165, 1.54) is 0 Å². The first-order chi connectivity index (χ1) is 14.0. The van der Waals surface area contributed by atoms with Gasteiger partial charge >= 0.3 is 152 Å². The molecule has 0 saturated carbocycles. The molecule has 28 nitrogen and oxygen atoms in total. The Bertz CT molecular complexity index is 591. The van der Waals surface area contributed by atoms with Crippen molar-refractivity contribution in [3.05, 3.63) is 0 Å². The fourth-order valence-electron chi connectivity index (χ4n) is 0. The molecule has 0 saturated heterocycles. The van der Waals surface area contributed by atoms with E-state index < -0.39 is 54.8 Å². The predicted octanol–water partition coefficient (Wildman–Crippen LogP) is -20.9. The van der Waals surface area contributed by atoms with Crippen molar-refractivity contribution in [2.45, 2.75) is 0 Å². The molecule has 0 aromatic rings. The molecule has 0 bridgehead atoms. The Balaban J connectivity index is -0.0000000144. The quantitative estimate of drug-likeness (QED) is 0.161. The van der Waals surface area contributed by atoms with Crippen molar-refractivity contribution in [2.24, 2.45) is 0 Å². The van der Waals surface area contributed by atoms with Crippen LogP contribution in [0, 0.1) is 0 Å². The summed E-state index contributed by atoms with van der Waals surface area (Å²) in [5, 5.41) is 0. The molecule has 44 heavy (non-hydrogen) atoms. The summed E-state index contributed by atoms with van der Waals surface area (Å²) in [5.74, 6) is 0. The van der Waals surface area contributed by atoms with Gasteiger partial charge in [-0.2, -0.15) is 54.8 Å². The van der Waals surface area contributed by atoms with Gasteiger partial charge in [-0.1, -0.05) is 0 Å². The molecule has 0 unspecified atom stereocenters. The van der Waals surface area contributed by atoms with Crippen LogP contribution in [0.4, 0.5) is 0 Å². The van der Waals surface area contributed by atoms with Crippen LogP contribution < -0.4 is 103 Å². The van der Waals surface area contributed by atoms with Crippen LogP contribution in [0.1, 0.15) is 0 Å². The molecule has 0 aliphatic rings. The zero-order chi connectivity index (χ0) is 31.5. The topological polar surface area (TPSA) is 604 Å². The van der Waals surface area contributed by atoms with Gasteiger partial charge in [-0.15, -0.1) is 0 Å². The monoisotopic (exact) mass is 1100 g/mol. The second kappa shape index (κ2) is 48.4. The number of hydrogen-bond acceptors (Lipinski definition) is 28. The molecule has 0 aromatic carbocycles. The van der Waals surface area contributed by atoms with Gasteiger partial charge < -0.3 is 135 Å². The number of phosphoric acid groups is 7. The standard InChI is InChI=1S/3Al.3Co.3Ni.7H3O4P/c;;;;;;;;;7*1-5(2,3)4/h;;;;;;;;;7*(H3,1,2,3,4)/q3*+3;6*+2;;;;;;;/p-21. The third-order valence-electron chi connectivity index (χ3n) is 0. The molecule has 3 radical (unpaired) electrons. The van der Waals surface area contributed by atoms with Gasteiger partial charge in [-0.05, 0) is 0 Å². The predicted molar refractivity (Wildman–Crippen MR) is 70.5 cm³/mol. The van der Waals surface area contributed by atoms with Gasteiger partial charge in [0.15, 0.2) is 0 Å². The Kier molecular flexibility index (Phi) is 114. The van der Waals surface area contributed by atoms with Crippen LogP contribution in [0.15, 0.2) is 0 Å². The summed E-state index contributed by atoms with van der Waals surface area (Å²) in [6.07, 6.45) is 0. The van der Waals surface area contributed by atoms with E-state index in [1.54, 1.807) is 0 Å². The first kappa shape index (κ1) is 104. The Hall–Kier alpha value is 5.37. The molecule has 0 fully saturated rings. The molecule has 269 valence electrons. The van der Waals surface area contributed by atoms with Crippen LogP contribution in [0.5, 0.6) is 0 Å². The van der Waals surface area contributed by atoms with Crippen molar-refractivity contribution in [3.8, 4) is 0 Å². The summed E-state index contributed by atoms with van der Waals surface area (Å²) >= 11 is 0. The van der Waals surface area contributed by atoms with Crippen molar-refractivity contribution in [1.29, 1.82) is 0 Å². The second-order valence-electron chi connectivity index (χ2n) is 3.13. The molecular weight excluding hydrogens is 1100 g/mol. The summed E-state index contributed by atoms with van der Waals surface area (Å²) in [5.41, 5.74) is 0. The zero-order valence-corrected chi connectivity index (χ0v) is 34.1. The molecule has 0 aliphatic heterocycles.